The van der Waals surface area contributed by atoms with Crippen molar-refractivity contribution in [3.8, 4) is 5.75 Å². The van der Waals surface area contributed by atoms with Crippen LogP contribution < -0.4 is 0 Å². The van der Waals surface area contributed by atoms with Gasteiger partial charge in [-0.3, -0.25) is 0 Å². The molecule has 0 radical (unpaired) electrons. The minimum absolute atomic E-state index is 0.480. The highest BCUT2D eigenvalue weighted by Crippen LogP contribution is 2.36. The molecule has 0 aliphatic rings. The molecule has 1 aromatic carbocycles. The van der Waals surface area contributed by atoms with Gasteiger partial charge in [0.15, 0.2) is 0 Å². The smallest absolute Gasteiger partial charge is 0.119 e. The highest BCUT2D eigenvalue weighted by molar-refractivity contribution is 5.35. The number of para-hydroxylation sites is 1. The number of phenolic OH excluding ortho intramolecular Hbond substituents is 1. The van der Waals surface area contributed by atoms with Crippen LogP contribution in [0.25, 0.3) is 0 Å². The van der Waals surface area contributed by atoms with E-state index in [1.54, 1.807) is 0 Å². The molecule has 0 aliphatic carbocycles. The summed E-state index contributed by atoms with van der Waals surface area (Å²) in [5.41, 5.74) is 1.15. The molecule has 1 heteroatoms. The zero-order valence-electron chi connectivity index (χ0n) is 15.7. The van der Waals surface area contributed by atoms with Crippen molar-refractivity contribution in [2.75, 3.05) is 0 Å². The third-order valence-electron chi connectivity index (χ3n) is 5.29. The van der Waals surface area contributed by atoms with Crippen molar-refractivity contribution in [1.29, 1.82) is 0 Å². The summed E-state index contributed by atoms with van der Waals surface area (Å²) in [5.74, 6) is 1.62. The van der Waals surface area contributed by atoms with Crippen LogP contribution in [-0.4, -0.2) is 5.11 Å². The van der Waals surface area contributed by atoms with Gasteiger partial charge in [0.25, 0.3) is 0 Å². The summed E-state index contributed by atoms with van der Waals surface area (Å²) in [6.45, 7) is 6.86. The zero-order chi connectivity index (χ0) is 16.9. The second kappa shape index (κ2) is 12.4. The lowest BCUT2D eigenvalue weighted by Gasteiger charge is -2.24. The SMILES string of the molecule is CCCCCCCCCCCC(c1ccccc1O)C(C)CC. The van der Waals surface area contributed by atoms with Crippen LogP contribution in [0.4, 0.5) is 0 Å². The quantitative estimate of drug-likeness (QED) is 0.375. The largest absolute Gasteiger partial charge is 0.508 e. The fourth-order valence-electron chi connectivity index (χ4n) is 3.51. The van der Waals surface area contributed by atoms with Crippen LogP contribution in [0.3, 0.4) is 0 Å². The molecule has 132 valence electrons. The third-order valence-corrected chi connectivity index (χ3v) is 5.29. The van der Waals surface area contributed by atoms with E-state index in [-0.39, 0.29) is 0 Å². The van der Waals surface area contributed by atoms with Gasteiger partial charge in [0.05, 0.1) is 0 Å². The van der Waals surface area contributed by atoms with Crippen LogP contribution >= 0.6 is 0 Å². The number of phenols is 1. The van der Waals surface area contributed by atoms with Crippen molar-refractivity contribution in [3.05, 3.63) is 29.8 Å². The number of rotatable bonds is 13. The number of unbranched alkanes of at least 4 members (excludes halogenated alkanes) is 8. The molecule has 2 atom stereocenters. The zero-order valence-corrected chi connectivity index (χ0v) is 15.7. The van der Waals surface area contributed by atoms with Gasteiger partial charge in [-0.15, -0.1) is 0 Å². The minimum atomic E-state index is 0.480. The number of aromatic hydroxyl groups is 1. The van der Waals surface area contributed by atoms with E-state index < -0.39 is 0 Å². The molecule has 0 fully saturated rings. The van der Waals surface area contributed by atoms with Crippen LogP contribution in [0.5, 0.6) is 5.75 Å². The van der Waals surface area contributed by atoms with Crippen LogP contribution in [0.1, 0.15) is 103 Å². The first kappa shape index (κ1) is 20.1. The Morgan fingerprint density at radius 1 is 0.826 bits per heavy atom. The fraction of sp³-hybridized carbons (Fsp3) is 0.727. The van der Waals surface area contributed by atoms with Crippen molar-refractivity contribution >= 4 is 0 Å². The van der Waals surface area contributed by atoms with Gasteiger partial charge in [0, 0.05) is 0 Å². The van der Waals surface area contributed by atoms with Crippen LogP contribution in [-0.2, 0) is 0 Å². The maximum Gasteiger partial charge on any atom is 0.119 e. The number of hydrogen-bond donors (Lipinski definition) is 1. The second-order valence-corrected chi connectivity index (χ2v) is 7.17. The van der Waals surface area contributed by atoms with Crippen LogP contribution in [0.2, 0.25) is 0 Å². The molecule has 2 unspecified atom stereocenters. The van der Waals surface area contributed by atoms with Gasteiger partial charge in [-0.1, -0.05) is 103 Å². The lowest BCUT2D eigenvalue weighted by molar-refractivity contribution is 0.384. The van der Waals surface area contributed by atoms with E-state index in [1.165, 1.54) is 70.6 Å². The van der Waals surface area contributed by atoms with E-state index in [1.807, 2.05) is 12.1 Å². The van der Waals surface area contributed by atoms with Gasteiger partial charge in [0.1, 0.15) is 5.75 Å². The van der Waals surface area contributed by atoms with E-state index in [4.69, 9.17) is 0 Å². The molecule has 0 aliphatic heterocycles. The van der Waals surface area contributed by atoms with Gasteiger partial charge in [-0.05, 0) is 29.9 Å². The summed E-state index contributed by atoms with van der Waals surface area (Å²) < 4.78 is 0. The Bertz CT molecular complexity index is 399. The Hall–Kier alpha value is -0.980. The highest BCUT2D eigenvalue weighted by atomic mass is 16.3. The summed E-state index contributed by atoms with van der Waals surface area (Å²) in [7, 11) is 0. The third kappa shape index (κ3) is 7.90. The Morgan fingerprint density at radius 2 is 1.39 bits per heavy atom. The van der Waals surface area contributed by atoms with Crippen molar-refractivity contribution in [2.45, 2.75) is 97.3 Å². The topological polar surface area (TPSA) is 20.2 Å². The maximum absolute atomic E-state index is 10.2. The minimum Gasteiger partial charge on any atom is -0.508 e. The average Bonchev–Trinajstić information content (AvgIpc) is 2.57. The first-order valence-electron chi connectivity index (χ1n) is 9.98. The number of hydrogen-bond acceptors (Lipinski definition) is 1. The molecular weight excluding hydrogens is 280 g/mol. The summed E-state index contributed by atoms with van der Waals surface area (Å²) in [5, 5.41) is 10.2. The summed E-state index contributed by atoms with van der Waals surface area (Å²) >= 11 is 0. The molecule has 1 N–H and O–H groups in total. The molecule has 0 saturated carbocycles. The van der Waals surface area contributed by atoms with E-state index in [9.17, 15) is 5.11 Å². The molecule has 0 amide bonds. The summed E-state index contributed by atoms with van der Waals surface area (Å²) in [4.78, 5) is 0. The van der Waals surface area contributed by atoms with E-state index in [0.717, 1.165) is 5.56 Å². The van der Waals surface area contributed by atoms with E-state index in [2.05, 4.69) is 32.9 Å². The van der Waals surface area contributed by atoms with Gasteiger partial charge in [-0.2, -0.15) is 0 Å². The molecule has 0 heterocycles. The highest BCUT2D eigenvalue weighted by Gasteiger charge is 2.20. The Morgan fingerprint density at radius 3 is 1.96 bits per heavy atom. The van der Waals surface area contributed by atoms with E-state index >= 15 is 0 Å². The van der Waals surface area contributed by atoms with Crippen LogP contribution in [0, 0.1) is 5.92 Å². The number of benzene rings is 1. The summed E-state index contributed by atoms with van der Waals surface area (Å²) in [6.07, 6.45) is 14.8. The predicted molar refractivity (Wildman–Crippen MR) is 102 cm³/mol. The summed E-state index contributed by atoms with van der Waals surface area (Å²) in [6, 6.07) is 7.92. The molecule has 0 spiro atoms. The van der Waals surface area contributed by atoms with Gasteiger partial charge in [0.2, 0.25) is 0 Å². The maximum atomic E-state index is 10.2. The van der Waals surface area contributed by atoms with Crippen LogP contribution in [0.15, 0.2) is 24.3 Å². The molecule has 1 rings (SSSR count). The molecular formula is C22H38O. The van der Waals surface area contributed by atoms with Gasteiger partial charge in [-0.25, -0.2) is 0 Å². The van der Waals surface area contributed by atoms with Gasteiger partial charge >= 0.3 is 0 Å². The normalized spacial score (nSPS) is 13.9. The lowest BCUT2D eigenvalue weighted by Crippen LogP contribution is -2.09. The molecule has 0 aromatic heterocycles. The molecule has 1 nitrogen and oxygen atoms in total. The van der Waals surface area contributed by atoms with Crippen molar-refractivity contribution in [1.82, 2.24) is 0 Å². The standard InChI is InChI=1S/C22H38O/c1-4-6-7-8-9-10-11-12-13-16-20(19(3)5-2)21-17-14-15-18-22(21)23/h14-15,17-20,23H,4-13,16H2,1-3H3. The van der Waals surface area contributed by atoms with Gasteiger partial charge < -0.3 is 5.11 Å². The first-order chi connectivity index (χ1) is 11.2. The van der Waals surface area contributed by atoms with E-state index in [0.29, 0.717) is 17.6 Å². The van der Waals surface area contributed by atoms with Crippen molar-refractivity contribution < 1.29 is 5.11 Å². The Labute approximate surface area is 144 Å². The second-order valence-electron chi connectivity index (χ2n) is 7.17. The van der Waals surface area contributed by atoms with Crippen molar-refractivity contribution in [2.24, 2.45) is 5.92 Å². The first-order valence-corrected chi connectivity index (χ1v) is 9.98. The molecule has 0 bridgehead atoms. The fourth-order valence-corrected chi connectivity index (χ4v) is 3.51. The predicted octanol–water partition coefficient (Wildman–Crippen LogP) is 7.44. The molecule has 1 aromatic rings. The monoisotopic (exact) mass is 318 g/mol. The Kier molecular flexibility index (Phi) is 10.9. The van der Waals surface area contributed by atoms with Crippen molar-refractivity contribution in [3.63, 3.8) is 0 Å². The average molecular weight is 319 g/mol. The Balaban J connectivity index is 2.29. The molecule has 0 saturated heterocycles. The molecule has 23 heavy (non-hydrogen) atoms. The lowest BCUT2D eigenvalue weighted by atomic mass is 9.81.